The first-order valence-electron chi connectivity index (χ1n) is 5.67. The minimum absolute atomic E-state index is 0.218. The maximum absolute atomic E-state index is 12.0. The topological polar surface area (TPSA) is 83.7 Å². The highest BCUT2D eigenvalue weighted by Gasteiger charge is 2.31. The van der Waals surface area contributed by atoms with Gasteiger partial charge >= 0.3 is 5.69 Å². The van der Waals surface area contributed by atoms with Gasteiger partial charge in [0.15, 0.2) is 0 Å². The van der Waals surface area contributed by atoms with Gasteiger partial charge in [0.25, 0.3) is 5.91 Å². The number of phenols is 1. The Morgan fingerprint density at radius 2 is 2.25 bits per heavy atom. The Labute approximate surface area is 124 Å². The Hall–Kier alpha value is -1.93. The number of aromatic hydroxyl groups is 1. The van der Waals surface area contributed by atoms with E-state index in [4.69, 9.17) is 12.2 Å². The molecule has 1 aliphatic rings. The van der Waals surface area contributed by atoms with Crippen LogP contribution in [0.15, 0.2) is 23.1 Å². The largest absolute Gasteiger partial charge is 0.502 e. The van der Waals surface area contributed by atoms with Crippen LogP contribution in [0.2, 0.25) is 0 Å². The molecule has 1 fully saturated rings. The van der Waals surface area contributed by atoms with Crippen LogP contribution in [0.25, 0.3) is 6.08 Å². The van der Waals surface area contributed by atoms with Gasteiger partial charge in [0.05, 0.1) is 9.83 Å². The fourth-order valence-corrected chi connectivity index (χ4v) is 3.10. The van der Waals surface area contributed by atoms with Crippen molar-refractivity contribution in [2.24, 2.45) is 0 Å². The number of nitrogens with zero attached hydrogens (tertiary/aromatic N) is 2. The minimum Gasteiger partial charge on any atom is -0.502 e. The highest BCUT2D eigenvalue weighted by atomic mass is 32.2. The van der Waals surface area contributed by atoms with Crippen molar-refractivity contribution in [3.63, 3.8) is 0 Å². The van der Waals surface area contributed by atoms with Crippen molar-refractivity contribution in [2.45, 2.75) is 6.92 Å². The summed E-state index contributed by atoms with van der Waals surface area (Å²) in [4.78, 5) is 23.9. The first-order chi connectivity index (χ1) is 9.45. The van der Waals surface area contributed by atoms with Gasteiger partial charge in [-0.3, -0.25) is 19.8 Å². The third-order valence-electron chi connectivity index (χ3n) is 2.72. The molecule has 0 spiro atoms. The number of amides is 1. The van der Waals surface area contributed by atoms with E-state index < -0.39 is 16.4 Å². The zero-order chi connectivity index (χ0) is 14.9. The third-order valence-corrected chi connectivity index (χ3v) is 4.10. The van der Waals surface area contributed by atoms with Crippen molar-refractivity contribution in [3.8, 4) is 5.75 Å². The molecule has 1 aliphatic heterocycles. The van der Waals surface area contributed by atoms with E-state index in [1.165, 1.54) is 29.2 Å². The molecule has 104 valence electrons. The number of carbonyl (C=O) groups excluding carboxylic acids is 1. The van der Waals surface area contributed by atoms with Crippen LogP contribution in [-0.2, 0) is 4.79 Å². The number of hydrogen-bond acceptors (Lipinski definition) is 6. The van der Waals surface area contributed by atoms with Crippen LogP contribution in [0.1, 0.15) is 12.5 Å². The van der Waals surface area contributed by atoms with Crippen molar-refractivity contribution < 1.29 is 14.8 Å². The molecule has 2 rings (SSSR count). The first kappa shape index (κ1) is 14.5. The molecule has 1 aromatic carbocycles. The number of nitro groups is 1. The summed E-state index contributed by atoms with van der Waals surface area (Å²) in [5, 5.41) is 20.6. The van der Waals surface area contributed by atoms with E-state index >= 15 is 0 Å². The van der Waals surface area contributed by atoms with Crippen molar-refractivity contribution in [1.82, 2.24) is 4.90 Å². The predicted molar refractivity (Wildman–Crippen MR) is 80.3 cm³/mol. The molecular weight excluding hydrogens is 300 g/mol. The molecule has 8 heteroatoms. The molecule has 1 N–H and O–H groups in total. The molecule has 1 aromatic rings. The lowest BCUT2D eigenvalue weighted by Crippen LogP contribution is -2.27. The van der Waals surface area contributed by atoms with Crippen molar-refractivity contribution in [2.75, 3.05) is 6.54 Å². The monoisotopic (exact) mass is 310 g/mol. The van der Waals surface area contributed by atoms with Gasteiger partial charge in [0.2, 0.25) is 5.75 Å². The Morgan fingerprint density at radius 1 is 1.55 bits per heavy atom. The molecule has 0 saturated carbocycles. The minimum atomic E-state index is -0.677. The number of para-hydroxylation sites is 1. The molecule has 6 nitrogen and oxygen atoms in total. The van der Waals surface area contributed by atoms with Gasteiger partial charge in [-0.2, -0.15) is 0 Å². The van der Waals surface area contributed by atoms with Crippen molar-refractivity contribution >= 4 is 46.0 Å². The molecule has 1 amide bonds. The number of rotatable bonds is 3. The summed E-state index contributed by atoms with van der Waals surface area (Å²) in [5.41, 5.74) is -0.180. The molecular formula is C12H10N2O4S2. The summed E-state index contributed by atoms with van der Waals surface area (Å²) >= 11 is 6.18. The molecule has 0 radical (unpaired) electrons. The zero-order valence-corrected chi connectivity index (χ0v) is 12.0. The molecule has 20 heavy (non-hydrogen) atoms. The summed E-state index contributed by atoms with van der Waals surface area (Å²) in [5.74, 6) is -0.715. The second kappa shape index (κ2) is 5.59. The highest BCUT2D eigenvalue weighted by Crippen LogP contribution is 2.36. The van der Waals surface area contributed by atoms with Gasteiger partial charge in [-0.25, -0.2) is 0 Å². The highest BCUT2D eigenvalue weighted by molar-refractivity contribution is 8.26. The summed E-state index contributed by atoms with van der Waals surface area (Å²) in [6.45, 7) is 2.27. The van der Waals surface area contributed by atoms with Crippen LogP contribution in [0, 0.1) is 10.1 Å². The molecule has 1 heterocycles. The second-order valence-electron chi connectivity index (χ2n) is 3.90. The van der Waals surface area contributed by atoms with Gasteiger partial charge in [0.1, 0.15) is 4.32 Å². The number of thiocarbonyl (C=S) groups is 1. The smallest absolute Gasteiger partial charge is 0.311 e. The average Bonchev–Trinajstić information content (AvgIpc) is 2.66. The Morgan fingerprint density at radius 3 is 2.80 bits per heavy atom. The SMILES string of the molecule is CCN1C(=O)C(=Cc2cccc([N+](=O)[O-])c2O)SC1=S. The fraction of sp³-hybridized carbons (Fsp3) is 0.167. The van der Waals surface area contributed by atoms with Gasteiger partial charge in [-0.15, -0.1) is 0 Å². The zero-order valence-electron chi connectivity index (χ0n) is 10.4. The number of hydrogen-bond donors (Lipinski definition) is 1. The van der Waals surface area contributed by atoms with Crippen LogP contribution in [0.3, 0.4) is 0 Å². The normalized spacial score (nSPS) is 17.1. The third kappa shape index (κ3) is 2.52. The van der Waals surface area contributed by atoms with Crippen LogP contribution < -0.4 is 0 Å². The number of benzene rings is 1. The van der Waals surface area contributed by atoms with Crippen LogP contribution in [0.4, 0.5) is 5.69 Å². The van der Waals surface area contributed by atoms with E-state index in [-0.39, 0.29) is 11.5 Å². The molecule has 0 aliphatic carbocycles. The van der Waals surface area contributed by atoms with Gasteiger partial charge in [-0.05, 0) is 13.0 Å². The van der Waals surface area contributed by atoms with Crippen molar-refractivity contribution in [1.29, 1.82) is 0 Å². The van der Waals surface area contributed by atoms with Gasteiger partial charge < -0.3 is 5.11 Å². The second-order valence-corrected chi connectivity index (χ2v) is 5.57. The van der Waals surface area contributed by atoms with Crippen LogP contribution in [-0.4, -0.2) is 31.7 Å². The lowest BCUT2D eigenvalue weighted by atomic mass is 10.1. The lowest BCUT2D eigenvalue weighted by Gasteiger charge is -2.09. The summed E-state index contributed by atoms with van der Waals surface area (Å²) < 4.78 is 0.439. The average molecular weight is 310 g/mol. The van der Waals surface area contributed by atoms with E-state index in [9.17, 15) is 20.0 Å². The van der Waals surface area contributed by atoms with E-state index in [2.05, 4.69) is 0 Å². The molecule has 0 atom stereocenters. The van der Waals surface area contributed by atoms with E-state index in [0.717, 1.165) is 11.8 Å². The number of phenolic OH excluding ortho intramolecular Hbond substituents is 1. The van der Waals surface area contributed by atoms with Gasteiger partial charge in [0, 0.05) is 18.2 Å². The summed E-state index contributed by atoms with van der Waals surface area (Å²) in [7, 11) is 0. The standard InChI is InChI=1S/C12H10N2O4S2/c1-2-13-11(16)9(20-12(13)19)6-7-4-3-5-8(10(7)15)14(17)18/h3-6,15H,2H2,1H3. The Balaban J connectivity index is 2.42. The number of thioether (sulfide) groups is 1. The van der Waals surface area contributed by atoms with Crippen LogP contribution >= 0.6 is 24.0 Å². The summed E-state index contributed by atoms with van der Waals surface area (Å²) in [6.07, 6.45) is 1.41. The fourth-order valence-electron chi connectivity index (χ4n) is 1.73. The van der Waals surface area contributed by atoms with Crippen LogP contribution in [0.5, 0.6) is 5.75 Å². The maximum Gasteiger partial charge on any atom is 0.311 e. The molecule has 0 aromatic heterocycles. The first-order valence-corrected chi connectivity index (χ1v) is 6.90. The van der Waals surface area contributed by atoms with E-state index in [1.807, 2.05) is 0 Å². The van der Waals surface area contributed by atoms with Crippen molar-refractivity contribution in [3.05, 3.63) is 38.8 Å². The predicted octanol–water partition coefficient (Wildman–Crippen LogP) is 2.52. The molecule has 0 unspecified atom stereocenters. The van der Waals surface area contributed by atoms with Gasteiger partial charge in [-0.1, -0.05) is 36.1 Å². The quantitative estimate of drug-likeness (QED) is 0.400. The summed E-state index contributed by atoms with van der Waals surface area (Å²) in [6, 6.07) is 4.15. The lowest BCUT2D eigenvalue weighted by molar-refractivity contribution is -0.385. The van der Waals surface area contributed by atoms with E-state index in [1.54, 1.807) is 6.92 Å². The van der Waals surface area contributed by atoms with E-state index in [0.29, 0.717) is 15.8 Å². The Kier molecular flexibility index (Phi) is 4.05. The maximum atomic E-state index is 12.0. The Bertz CT molecular complexity index is 642. The molecule has 1 saturated heterocycles. The number of nitro benzene ring substituents is 1. The number of likely N-dealkylation sites (N-methyl/N-ethyl adjacent to an activating group) is 1. The molecule has 0 bridgehead atoms. The number of carbonyl (C=O) groups is 1.